The van der Waals surface area contributed by atoms with E-state index in [1.54, 1.807) is 35.1 Å². The molecule has 0 aliphatic carbocycles. The van der Waals surface area contributed by atoms with Gasteiger partial charge in [-0.05, 0) is 35.3 Å². The summed E-state index contributed by atoms with van der Waals surface area (Å²) in [6.07, 6.45) is 3.16. The molecule has 0 bridgehead atoms. The molecule has 0 atom stereocenters. The molecule has 0 radical (unpaired) electrons. The van der Waals surface area contributed by atoms with Gasteiger partial charge in [0.2, 0.25) is 0 Å². The van der Waals surface area contributed by atoms with Gasteiger partial charge >= 0.3 is 7.12 Å². The van der Waals surface area contributed by atoms with Crippen molar-refractivity contribution < 1.29 is 10.0 Å². The van der Waals surface area contributed by atoms with Crippen molar-refractivity contribution in [3.8, 4) is 22.9 Å². The molecule has 2 aromatic carbocycles. The molecule has 0 amide bonds. The summed E-state index contributed by atoms with van der Waals surface area (Å²) in [5.41, 5.74) is 9.84. The summed E-state index contributed by atoms with van der Waals surface area (Å²) < 4.78 is 1.57. The van der Waals surface area contributed by atoms with Crippen LogP contribution in [0.15, 0.2) is 54.9 Å². The molecule has 0 unspecified atom stereocenters. The van der Waals surface area contributed by atoms with Gasteiger partial charge in [0.1, 0.15) is 6.07 Å². The first-order valence-electron chi connectivity index (χ1n) is 8.04. The molecule has 8 nitrogen and oxygen atoms in total. The van der Waals surface area contributed by atoms with Gasteiger partial charge in [0.05, 0.1) is 23.1 Å². The molecule has 0 saturated heterocycles. The smallest absolute Gasteiger partial charge is 0.423 e. The number of hydrogen-bond acceptors (Lipinski definition) is 7. The van der Waals surface area contributed by atoms with Crippen molar-refractivity contribution in [3.63, 3.8) is 0 Å². The summed E-state index contributed by atoms with van der Waals surface area (Å²) in [7, 11) is -1.61. The van der Waals surface area contributed by atoms with Crippen LogP contribution in [0.4, 0.5) is 5.69 Å². The largest absolute Gasteiger partial charge is 0.488 e. The second-order valence-electron chi connectivity index (χ2n) is 5.94. The van der Waals surface area contributed by atoms with E-state index in [2.05, 4.69) is 15.3 Å². The zero-order valence-corrected chi connectivity index (χ0v) is 14.0. The molecule has 4 rings (SSSR count). The highest BCUT2D eigenvalue weighted by molar-refractivity contribution is 6.58. The number of rotatable bonds is 3. The summed E-state index contributed by atoms with van der Waals surface area (Å²) in [6.45, 7) is 0. The number of nitrogen functional groups attached to an aromatic ring is 1. The molecule has 9 heteroatoms. The highest BCUT2D eigenvalue weighted by Gasteiger charge is 2.16. The van der Waals surface area contributed by atoms with E-state index in [0.29, 0.717) is 27.9 Å². The monoisotopic (exact) mass is 356 g/mol. The Hall–Kier alpha value is -3.74. The number of anilines is 1. The number of nitriles is 1. The predicted molar refractivity (Wildman–Crippen MR) is 101 cm³/mol. The van der Waals surface area contributed by atoms with E-state index < -0.39 is 7.12 Å². The quantitative estimate of drug-likeness (QED) is 0.458. The van der Waals surface area contributed by atoms with Crippen molar-refractivity contribution in [2.45, 2.75) is 0 Å². The normalized spacial score (nSPS) is 10.7. The first kappa shape index (κ1) is 16.7. The van der Waals surface area contributed by atoms with Gasteiger partial charge in [-0.1, -0.05) is 18.2 Å². The van der Waals surface area contributed by atoms with Crippen LogP contribution in [0, 0.1) is 11.3 Å². The van der Waals surface area contributed by atoms with E-state index in [1.165, 1.54) is 6.20 Å². The van der Waals surface area contributed by atoms with Gasteiger partial charge in [-0.3, -0.25) is 0 Å². The summed E-state index contributed by atoms with van der Waals surface area (Å²) in [4.78, 5) is 0. The van der Waals surface area contributed by atoms with Gasteiger partial charge in [-0.25, -0.2) is 4.68 Å². The van der Waals surface area contributed by atoms with Crippen LogP contribution in [0.3, 0.4) is 0 Å². The maximum atomic E-state index is 9.56. The second-order valence-corrected chi connectivity index (χ2v) is 5.94. The van der Waals surface area contributed by atoms with Crippen LogP contribution in [-0.4, -0.2) is 37.1 Å². The Bertz CT molecular complexity index is 1200. The van der Waals surface area contributed by atoms with Gasteiger partial charge in [0.15, 0.2) is 5.69 Å². The molecular formula is C18H13BN6O2. The molecule has 0 spiro atoms. The number of aromatic nitrogens is 4. The highest BCUT2D eigenvalue weighted by atomic mass is 16.4. The molecule has 0 saturated carbocycles. The molecule has 0 aliphatic heterocycles. The Kier molecular flexibility index (Phi) is 4.04. The van der Waals surface area contributed by atoms with E-state index in [9.17, 15) is 10.0 Å². The average Bonchev–Trinajstić information content (AvgIpc) is 3.16. The third-order valence-corrected chi connectivity index (χ3v) is 4.25. The number of nitrogens with zero attached hydrogens (tertiary/aromatic N) is 5. The Balaban J connectivity index is 1.94. The van der Waals surface area contributed by atoms with Crippen LogP contribution in [0.2, 0.25) is 0 Å². The third kappa shape index (κ3) is 2.99. The molecule has 130 valence electrons. The lowest BCUT2D eigenvalue weighted by atomic mass is 9.78. The van der Waals surface area contributed by atoms with Gasteiger partial charge in [0, 0.05) is 17.1 Å². The Labute approximate surface area is 154 Å². The number of benzene rings is 2. The van der Waals surface area contributed by atoms with Crippen molar-refractivity contribution in [1.82, 2.24) is 20.0 Å². The number of nitrogens with two attached hydrogens (primary N) is 1. The first-order chi connectivity index (χ1) is 13.1. The lowest BCUT2D eigenvalue weighted by Gasteiger charge is -2.13. The van der Waals surface area contributed by atoms with E-state index in [4.69, 9.17) is 11.0 Å². The van der Waals surface area contributed by atoms with Crippen LogP contribution >= 0.6 is 0 Å². The Morgan fingerprint density at radius 2 is 1.96 bits per heavy atom. The maximum Gasteiger partial charge on any atom is 0.488 e. The fourth-order valence-electron chi connectivity index (χ4n) is 2.91. The predicted octanol–water partition coefficient (Wildman–Crippen LogP) is 0.616. The summed E-state index contributed by atoms with van der Waals surface area (Å²) in [5, 5.41) is 41.1. The SMILES string of the molecule is N#Cc1ccn(-c2ccc(B(O)O)cc2-c2ccc3c(N)cnnc3c2)n1. The van der Waals surface area contributed by atoms with Crippen molar-refractivity contribution in [3.05, 3.63) is 60.6 Å². The molecule has 4 aromatic rings. The average molecular weight is 356 g/mol. The van der Waals surface area contributed by atoms with Gasteiger partial charge in [-0.15, -0.1) is 0 Å². The number of hydrogen-bond donors (Lipinski definition) is 3. The summed E-state index contributed by atoms with van der Waals surface area (Å²) >= 11 is 0. The molecular weight excluding hydrogens is 343 g/mol. The van der Waals surface area contributed by atoms with Crippen LogP contribution in [0.25, 0.3) is 27.7 Å². The molecule has 2 aromatic heterocycles. The lowest BCUT2D eigenvalue weighted by molar-refractivity contribution is 0.426. The van der Waals surface area contributed by atoms with Crippen molar-refractivity contribution >= 4 is 29.2 Å². The molecule has 0 aliphatic rings. The maximum absolute atomic E-state index is 9.56. The van der Waals surface area contributed by atoms with E-state index >= 15 is 0 Å². The van der Waals surface area contributed by atoms with Gasteiger partial charge in [0.25, 0.3) is 0 Å². The first-order valence-corrected chi connectivity index (χ1v) is 8.04. The van der Waals surface area contributed by atoms with Crippen LogP contribution < -0.4 is 11.2 Å². The standard InChI is InChI=1S/C18H13BN6O2/c20-9-13-5-6-25(24-13)18-4-2-12(19(26)27)8-15(18)11-1-3-14-16(21)10-22-23-17(14)7-11/h1-8,10,26-27H,(H2,21,23). The van der Waals surface area contributed by atoms with Crippen LogP contribution in [0.1, 0.15) is 5.69 Å². The molecule has 4 N–H and O–H groups in total. The topological polar surface area (TPSA) is 134 Å². The molecule has 27 heavy (non-hydrogen) atoms. The minimum atomic E-state index is -1.61. The van der Waals surface area contributed by atoms with Crippen LogP contribution in [0.5, 0.6) is 0 Å². The zero-order valence-electron chi connectivity index (χ0n) is 14.0. The summed E-state index contributed by atoms with van der Waals surface area (Å²) in [5.74, 6) is 0. The zero-order chi connectivity index (χ0) is 19.0. The Morgan fingerprint density at radius 3 is 2.70 bits per heavy atom. The minimum Gasteiger partial charge on any atom is -0.423 e. The van der Waals surface area contributed by atoms with E-state index in [1.807, 2.05) is 24.3 Å². The summed E-state index contributed by atoms with van der Waals surface area (Å²) in [6, 6.07) is 14.1. The van der Waals surface area contributed by atoms with Crippen LogP contribution in [-0.2, 0) is 0 Å². The highest BCUT2D eigenvalue weighted by Crippen LogP contribution is 2.29. The van der Waals surface area contributed by atoms with Crippen molar-refractivity contribution in [1.29, 1.82) is 5.26 Å². The van der Waals surface area contributed by atoms with Crippen molar-refractivity contribution in [2.75, 3.05) is 5.73 Å². The number of fused-ring (bicyclic) bond motifs is 1. The van der Waals surface area contributed by atoms with Gasteiger partial charge < -0.3 is 15.8 Å². The second kappa shape index (κ2) is 6.53. The van der Waals surface area contributed by atoms with E-state index in [-0.39, 0.29) is 5.69 Å². The fourth-order valence-corrected chi connectivity index (χ4v) is 2.91. The third-order valence-electron chi connectivity index (χ3n) is 4.25. The fraction of sp³-hybridized carbons (Fsp3) is 0. The Morgan fingerprint density at radius 1 is 1.11 bits per heavy atom. The van der Waals surface area contributed by atoms with Crippen molar-refractivity contribution in [2.24, 2.45) is 0 Å². The minimum absolute atomic E-state index is 0.282. The van der Waals surface area contributed by atoms with E-state index in [0.717, 1.165) is 10.9 Å². The molecule has 0 fully saturated rings. The molecule has 2 heterocycles. The lowest BCUT2D eigenvalue weighted by Crippen LogP contribution is -2.30. The van der Waals surface area contributed by atoms with Gasteiger partial charge in [-0.2, -0.15) is 20.6 Å².